The molecule has 0 bridgehead atoms. The van der Waals surface area contributed by atoms with Gasteiger partial charge in [-0.2, -0.15) is 5.10 Å². The molecule has 0 spiro atoms. The minimum Gasteiger partial charge on any atom is -0.493 e. The first-order valence-corrected chi connectivity index (χ1v) is 10.5. The average Bonchev–Trinajstić information content (AvgIpc) is 2.89. The number of benzene rings is 2. The molecule has 10 heteroatoms. The highest BCUT2D eigenvalue weighted by atomic mass is 16.6. The molecule has 1 N–H and O–H groups in total. The lowest BCUT2D eigenvalue weighted by atomic mass is 10.1. The highest BCUT2D eigenvalue weighted by Gasteiger charge is 2.20. The number of esters is 1. The third kappa shape index (κ3) is 6.26. The fourth-order valence-electron chi connectivity index (χ4n) is 3.05. The lowest BCUT2D eigenvalue weighted by Crippen LogP contribution is -2.17. The Morgan fingerprint density at radius 3 is 2.17 bits per heavy atom. The SMILES string of the molecule is CCOc1cc(C=NNC(=O)c2ccncc2)ccc1OC(=O)c1cc(OC)c(OC)c(OC)c1. The Kier molecular flexibility index (Phi) is 8.60. The number of methoxy groups -OCH3 is 3. The second-order valence-corrected chi connectivity index (χ2v) is 6.88. The van der Waals surface area contributed by atoms with E-state index in [4.69, 9.17) is 23.7 Å². The molecule has 0 unspecified atom stereocenters. The molecule has 0 aliphatic carbocycles. The topological polar surface area (TPSA) is 118 Å². The van der Waals surface area contributed by atoms with Crippen molar-refractivity contribution in [3.63, 3.8) is 0 Å². The Labute approximate surface area is 202 Å². The zero-order chi connectivity index (χ0) is 25.2. The van der Waals surface area contributed by atoms with Gasteiger partial charge in [-0.25, -0.2) is 10.2 Å². The highest BCUT2D eigenvalue weighted by Crippen LogP contribution is 2.38. The second-order valence-electron chi connectivity index (χ2n) is 6.88. The van der Waals surface area contributed by atoms with Crippen molar-refractivity contribution in [2.45, 2.75) is 6.92 Å². The van der Waals surface area contributed by atoms with Crippen LogP contribution in [0.15, 0.2) is 60.0 Å². The largest absolute Gasteiger partial charge is 0.493 e. The van der Waals surface area contributed by atoms with Crippen molar-refractivity contribution in [1.82, 2.24) is 10.4 Å². The first-order chi connectivity index (χ1) is 17.0. The van der Waals surface area contributed by atoms with Crippen LogP contribution in [-0.4, -0.2) is 51.0 Å². The first-order valence-electron chi connectivity index (χ1n) is 10.5. The maximum atomic E-state index is 12.9. The quantitative estimate of drug-likeness (QED) is 0.203. The monoisotopic (exact) mass is 479 g/mol. The fourth-order valence-corrected chi connectivity index (χ4v) is 3.05. The highest BCUT2D eigenvalue weighted by molar-refractivity contribution is 5.95. The normalized spacial score (nSPS) is 10.5. The van der Waals surface area contributed by atoms with Gasteiger partial charge in [0.2, 0.25) is 5.75 Å². The molecule has 1 aromatic heterocycles. The number of carbonyl (C=O) groups excluding carboxylic acids is 2. The molecule has 0 radical (unpaired) electrons. The predicted octanol–water partition coefficient (Wildman–Crippen LogP) is 3.49. The van der Waals surface area contributed by atoms with Gasteiger partial charge in [-0.05, 0) is 55.0 Å². The Morgan fingerprint density at radius 1 is 0.886 bits per heavy atom. The van der Waals surface area contributed by atoms with Crippen LogP contribution in [0.3, 0.4) is 0 Å². The molecular formula is C25H25N3O7. The summed E-state index contributed by atoms with van der Waals surface area (Å²) in [7, 11) is 4.39. The summed E-state index contributed by atoms with van der Waals surface area (Å²) >= 11 is 0. The van der Waals surface area contributed by atoms with Gasteiger partial charge < -0.3 is 23.7 Å². The molecule has 0 saturated heterocycles. The van der Waals surface area contributed by atoms with Gasteiger partial charge in [0.1, 0.15) is 0 Å². The van der Waals surface area contributed by atoms with Crippen molar-refractivity contribution >= 4 is 18.1 Å². The molecule has 1 heterocycles. The van der Waals surface area contributed by atoms with E-state index in [9.17, 15) is 9.59 Å². The number of nitrogens with zero attached hydrogens (tertiary/aromatic N) is 2. The minimum atomic E-state index is -0.642. The van der Waals surface area contributed by atoms with E-state index in [1.807, 2.05) is 0 Å². The number of nitrogens with one attached hydrogen (secondary N) is 1. The number of ether oxygens (including phenoxy) is 5. The Hall–Kier alpha value is -4.60. The Bertz CT molecular complexity index is 1190. The van der Waals surface area contributed by atoms with Crippen LogP contribution in [0, 0.1) is 0 Å². The lowest BCUT2D eigenvalue weighted by molar-refractivity contribution is 0.0727. The number of pyridine rings is 1. The zero-order valence-corrected chi connectivity index (χ0v) is 19.7. The predicted molar refractivity (Wildman–Crippen MR) is 128 cm³/mol. The maximum absolute atomic E-state index is 12.9. The first kappa shape index (κ1) is 25.0. The summed E-state index contributed by atoms with van der Waals surface area (Å²) in [6.45, 7) is 2.15. The van der Waals surface area contributed by atoms with Crippen molar-refractivity contribution < 1.29 is 33.3 Å². The molecule has 0 fully saturated rings. The van der Waals surface area contributed by atoms with Gasteiger partial charge in [0, 0.05) is 18.0 Å². The van der Waals surface area contributed by atoms with Crippen LogP contribution in [-0.2, 0) is 0 Å². The van der Waals surface area contributed by atoms with E-state index in [2.05, 4.69) is 15.5 Å². The van der Waals surface area contributed by atoms with E-state index in [1.54, 1.807) is 37.3 Å². The lowest BCUT2D eigenvalue weighted by Gasteiger charge is -2.15. The molecule has 2 aromatic carbocycles. The van der Waals surface area contributed by atoms with Crippen LogP contribution >= 0.6 is 0 Å². The molecular weight excluding hydrogens is 454 g/mol. The van der Waals surface area contributed by atoms with E-state index >= 15 is 0 Å². The van der Waals surface area contributed by atoms with Gasteiger partial charge in [-0.1, -0.05) is 0 Å². The number of amides is 1. The molecule has 0 aliphatic heterocycles. The standard InChI is InChI=1S/C25H25N3O7/c1-5-34-20-12-16(15-27-28-24(29)17-8-10-26-11-9-17)6-7-19(20)35-25(30)18-13-21(31-2)23(33-4)22(14-18)32-3/h6-15H,5H2,1-4H3,(H,28,29). The summed E-state index contributed by atoms with van der Waals surface area (Å²) < 4.78 is 27.1. The summed E-state index contributed by atoms with van der Waals surface area (Å²) in [6.07, 6.45) is 4.49. The van der Waals surface area contributed by atoms with Crippen LogP contribution in [0.5, 0.6) is 28.7 Å². The zero-order valence-electron chi connectivity index (χ0n) is 19.7. The van der Waals surface area contributed by atoms with Gasteiger partial charge in [0.25, 0.3) is 5.91 Å². The second kappa shape index (κ2) is 12.0. The number of hydrazone groups is 1. The van der Waals surface area contributed by atoms with E-state index in [1.165, 1.54) is 52.1 Å². The average molecular weight is 479 g/mol. The maximum Gasteiger partial charge on any atom is 0.343 e. The fraction of sp³-hybridized carbons (Fsp3) is 0.200. The van der Waals surface area contributed by atoms with Gasteiger partial charge in [-0.3, -0.25) is 9.78 Å². The summed E-state index contributed by atoms with van der Waals surface area (Å²) in [5.41, 5.74) is 3.69. The number of aromatic nitrogens is 1. The Morgan fingerprint density at radius 2 is 1.57 bits per heavy atom. The Balaban J connectivity index is 1.78. The third-order valence-electron chi connectivity index (χ3n) is 4.69. The van der Waals surface area contributed by atoms with Crippen molar-refractivity contribution in [3.8, 4) is 28.7 Å². The summed E-state index contributed by atoms with van der Waals surface area (Å²) in [4.78, 5) is 28.8. The number of hydrogen-bond acceptors (Lipinski definition) is 9. The van der Waals surface area contributed by atoms with Crippen molar-refractivity contribution in [2.24, 2.45) is 5.10 Å². The summed E-state index contributed by atoms with van der Waals surface area (Å²) in [5, 5.41) is 3.96. The molecule has 10 nitrogen and oxygen atoms in total. The van der Waals surface area contributed by atoms with Crippen LogP contribution in [0.1, 0.15) is 33.2 Å². The molecule has 3 rings (SSSR count). The van der Waals surface area contributed by atoms with Gasteiger partial charge in [0.15, 0.2) is 23.0 Å². The summed E-state index contributed by atoms with van der Waals surface area (Å²) in [5.74, 6) is 0.539. The van der Waals surface area contributed by atoms with Gasteiger partial charge in [-0.15, -0.1) is 0 Å². The molecule has 0 saturated carbocycles. The van der Waals surface area contributed by atoms with Crippen LogP contribution in [0.25, 0.3) is 0 Å². The molecule has 182 valence electrons. The molecule has 0 atom stereocenters. The summed E-state index contributed by atoms with van der Waals surface area (Å²) in [6, 6.07) is 11.0. The number of hydrogen-bond donors (Lipinski definition) is 1. The van der Waals surface area contributed by atoms with Gasteiger partial charge in [0.05, 0.1) is 39.7 Å². The molecule has 0 aliphatic rings. The minimum absolute atomic E-state index is 0.200. The van der Waals surface area contributed by atoms with Crippen LogP contribution in [0.2, 0.25) is 0 Å². The van der Waals surface area contributed by atoms with E-state index < -0.39 is 5.97 Å². The van der Waals surface area contributed by atoms with Crippen molar-refractivity contribution in [3.05, 3.63) is 71.5 Å². The molecule has 3 aromatic rings. The van der Waals surface area contributed by atoms with E-state index in [0.29, 0.717) is 40.7 Å². The van der Waals surface area contributed by atoms with Crippen LogP contribution < -0.4 is 29.1 Å². The van der Waals surface area contributed by atoms with E-state index in [0.717, 1.165) is 0 Å². The molecule has 1 amide bonds. The van der Waals surface area contributed by atoms with Crippen LogP contribution in [0.4, 0.5) is 0 Å². The van der Waals surface area contributed by atoms with Gasteiger partial charge >= 0.3 is 5.97 Å². The van der Waals surface area contributed by atoms with Crippen molar-refractivity contribution in [2.75, 3.05) is 27.9 Å². The number of carbonyl (C=O) groups is 2. The smallest absolute Gasteiger partial charge is 0.343 e. The molecule has 35 heavy (non-hydrogen) atoms. The van der Waals surface area contributed by atoms with E-state index in [-0.39, 0.29) is 17.2 Å². The number of rotatable bonds is 10. The third-order valence-corrected chi connectivity index (χ3v) is 4.69. The van der Waals surface area contributed by atoms with Crippen molar-refractivity contribution in [1.29, 1.82) is 0 Å².